The predicted octanol–water partition coefficient (Wildman–Crippen LogP) is 2.64. The molecule has 0 aromatic heterocycles. The molecule has 0 rings (SSSR count). The molecule has 1 atom stereocenters. The number of carbonyl (C=O) groups is 2. The van der Waals surface area contributed by atoms with Gasteiger partial charge in [-0.1, -0.05) is 13.8 Å². The van der Waals surface area contributed by atoms with Gasteiger partial charge in [-0.15, -0.1) is 0 Å². The second-order valence-corrected chi connectivity index (χ2v) is 4.68. The summed E-state index contributed by atoms with van der Waals surface area (Å²) in [6.07, 6.45) is 3.72. The van der Waals surface area contributed by atoms with Crippen LogP contribution in [0.4, 0.5) is 0 Å². The summed E-state index contributed by atoms with van der Waals surface area (Å²) in [7, 11) is 0. The molecule has 1 unspecified atom stereocenters. The average Bonchev–Trinajstić information content (AvgIpc) is 2.29. The van der Waals surface area contributed by atoms with Crippen molar-refractivity contribution in [3.63, 3.8) is 0 Å². The Kier molecular flexibility index (Phi) is 6.96. The molecule has 4 nitrogen and oxygen atoms in total. The van der Waals surface area contributed by atoms with E-state index in [0.717, 1.165) is 0 Å². The minimum absolute atomic E-state index is 0.191. The van der Waals surface area contributed by atoms with Crippen LogP contribution in [0.5, 0.6) is 0 Å². The molecule has 0 saturated carbocycles. The lowest BCUT2D eigenvalue weighted by Crippen LogP contribution is -2.30. The van der Waals surface area contributed by atoms with Gasteiger partial charge in [0.2, 0.25) is 0 Å². The van der Waals surface area contributed by atoms with Crippen LogP contribution in [0.3, 0.4) is 0 Å². The maximum atomic E-state index is 11.9. The molecule has 0 aromatic rings. The van der Waals surface area contributed by atoms with Crippen LogP contribution in [0.15, 0.2) is 12.2 Å². The lowest BCUT2D eigenvalue weighted by atomic mass is 9.82. The smallest absolute Gasteiger partial charge is 0.330 e. The molecule has 0 fully saturated rings. The highest BCUT2D eigenvalue weighted by Gasteiger charge is 2.37. The maximum Gasteiger partial charge on any atom is 0.330 e. The second kappa shape index (κ2) is 7.65. The van der Waals surface area contributed by atoms with Crippen LogP contribution in [0.2, 0.25) is 0 Å². The van der Waals surface area contributed by atoms with Crippen molar-refractivity contribution < 1.29 is 14.3 Å². The molecule has 100 valence electrons. The number of allylic oxidation sites excluding steroid dienone is 1. The van der Waals surface area contributed by atoms with Crippen molar-refractivity contribution in [1.82, 2.24) is 0 Å². The van der Waals surface area contributed by atoms with E-state index in [1.807, 2.05) is 19.9 Å². The average molecular weight is 251 g/mol. The molecule has 18 heavy (non-hydrogen) atoms. The standard InChI is InChI=1S/C14H21NO3/c1-5-18-13(17)14(10-15,8-6-11(2)3)9-7-12(4)16/h7,9,11H,5-6,8H2,1-4H3/b9-7+. The first-order chi connectivity index (χ1) is 8.38. The number of esters is 1. The molecule has 0 saturated heterocycles. The molecular weight excluding hydrogens is 230 g/mol. The van der Waals surface area contributed by atoms with E-state index in [0.29, 0.717) is 18.8 Å². The van der Waals surface area contributed by atoms with Crippen LogP contribution >= 0.6 is 0 Å². The highest BCUT2D eigenvalue weighted by Crippen LogP contribution is 2.29. The van der Waals surface area contributed by atoms with Crippen molar-refractivity contribution in [2.45, 2.75) is 40.5 Å². The number of hydrogen-bond acceptors (Lipinski definition) is 4. The second-order valence-electron chi connectivity index (χ2n) is 4.68. The number of carbonyl (C=O) groups excluding carboxylic acids is 2. The van der Waals surface area contributed by atoms with Crippen molar-refractivity contribution in [1.29, 1.82) is 5.26 Å². The van der Waals surface area contributed by atoms with Crippen molar-refractivity contribution in [2.75, 3.05) is 6.61 Å². The Morgan fingerprint density at radius 3 is 2.44 bits per heavy atom. The van der Waals surface area contributed by atoms with E-state index in [9.17, 15) is 14.9 Å². The molecule has 0 spiro atoms. The Labute approximate surface area is 109 Å². The van der Waals surface area contributed by atoms with Crippen molar-refractivity contribution in [3.8, 4) is 6.07 Å². The summed E-state index contributed by atoms with van der Waals surface area (Å²) >= 11 is 0. The summed E-state index contributed by atoms with van der Waals surface area (Å²) in [6, 6.07) is 2.00. The van der Waals surface area contributed by atoms with Gasteiger partial charge in [-0.25, -0.2) is 4.79 Å². The third-order valence-corrected chi connectivity index (χ3v) is 2.56. The molecule has 0 radical (unpaired) electrons. The first-order valence-electron chi connectivity index (χ1n) is 6.16. The molecule has 0 aliphatic heterocycles. The zero-order valence-electron chi connectivity index (χ0n) is 11.5. The molecule has 0 amide bonds. The molecule has 0 N–H and O–H groups in total. The van der Waals surface area contributed by atoms with Crippen LogP contribution in [-0.2, 0) is 14.3 Å². The van der Waals surface area contributed by atoms with Crippen molar-refractivity contribution in [3.05, 3.63) is 12.2 Å². The number of nitriles is 1. The number of ketones is 1. The van der Waals surface area contributed by atoms with Crippen LogP contribution in [0.1, 0.15) is 40.5 Å². The summed E-state index contributed by atoms with van der Waals surface area (Å²) in [4.78, 5) is 22.9. The van der Waals surface area contributed by atoms with Gasteiger partial charge in [-0.2, -0.15) is 5.26 Å². The predicted molar refractivity (Wildman–Crippen MR) is 68.6 cm³/mol. The molecule has 0 bridgehead atoms. The first-order valence-corrected chi connectivity index (χ1v) is 6.16. The topological polar surface area (TPSA) is 67.2 Å². The third-order valence-electron chi connectivity index (χ3n) is 2.56. The van der Waals surface area contributed by atoms with Gasteiger partial charge >= 0.3 is 5.97 Å². The minimum Gasteiger partial charge on any atom is -0.465 e. The van der Waals surface area contributed by atoms with Crippen LogP contribution in [0.25, 0.3) is 0 Å². The number of nitrogens with zero attached hydrogens (tertiary/aromatic N) is 1. The molecular formula is C14H21NO3. The Morgan fingerprint density at radius 1 is 1.44 bits per heavy atom. The van der Waals surface area contributed by atoms with Gasteiger partial charge in [0.25, 0.3) is 0 Å². The lowest BCUT2D eigenvalue weighted by molar-refractivity contribution is -0.150. The summed E-state index contributed by atoms with van der Waals surface area (Å²) in [5.74, 6) is -0.396. The lowest BCUT2D eigenvalue weighted by Gasteiger charge is -2.21. The zero-order chi connectivity index (χ0) is 14.2. The van der Waals surface area contributed by atoms with Crippen molar-refractivity contribution in [2.24, 2.45) is 11.3 Å². The monoisotopic (exact) mass is 251 g/mol. The van der Waals surface area contributed by atoms with Gasteiger partial charge in [0.1, 0.15) is 0 Å². The molecule has 0 aliphatic carbocycles. The molecule has 0 aliphatic rings. The van der Waals surface area contributed by atoms with E-state index in [2.05, 4.69) is 0 Å². The minimum atomic E-state index is -1.34. The third kappa shape index (κ3) is 5.13. The summed E-state index contributed by atoms with van der Waals surface area (Å²) < 4.78 is 4.94. The number of rotatable bonds is 7. The van der Waals surface area contributed by atoms with E-state index in [-0.39, 0.29) is 12.4 Å². The van der Waals surface area contributed by atoms with E-state index in [1.165, 1.54) is 19.1 Å². The van der Waals surface area contributed by atoms with Gasteiger partial charge in [0, 0.05) is 0 Å². The highest BCUT2D eigenvalue weighted by molar-refractivity contribution is 5.90. The SMILES string of the molecule is CCOC(=O)C(C#N)(/C=C/C(C)=O)CCC(C)C. The van der Waals surface area contributed by atoms with Gasteiger partial charge in [-0.05, 0) is 44.8 Å². The highest BCUT2D eigenvalue weighted by atomic mass is 16.5. The summed E-state index contributed by atoms with van der Waals surface area (Å²) in [5, 5.41) is 9.29. The number of ether oxygens (including phenoxy) is 1. The molecule has 4 heteroatoms. The Balaban J connectivity index is 5.14. The molecule has 0 aromatic carbocycles. The fraction of sp³-hybridized carbons (Fsp3) is 0.643. The zero-order valence-corrected chi connectivity index (χ0v) is 11.5. The van der Waals surface area contributed by atoms with Crippen LogP contribution < -0.4 is 0 Å². The van der Waals surface area contributed by atoms with E-state index < -0.39 is 11.4 Å². The van der Waals surface area contributed by atoms with Crippen molar-refractivity contribution >= 4 is 11.8 Å². The van der Waals surface area contributed by atoms with E-state index >= 15 is 0 Å². The number of hydrogen-bond donors (Lipinski definition) is 0. The first kappa shape index (κ1) is 16.4. The summed E-state index contributed by atoms with van der Waals surface area (Å²) in [5.41, 5.74) is -1.34. The normalized spacial score (nSPS) is 14.2. The van der Waals surface area contributed by atoms with Gasteiger partial charge < -0.3 is 4.74 Å². The van der Waals surface area contributed by atoms with E-state index in [4.69, 9.17) is 4.74 Å². The van der Waals surface area contributed by atoms with Gasteiger partial charge in [-0.3, -0.25) is 4.79 Å². The Hall–Kier alpha value is -1.63. The fourth-order valence-corrected chi connectivity index (χ4v) is 1.43. The largest absolute Gasteiger partial charge is 0.465 e. The van der Waals surface area contributed by atoms with Crippen LogP contribution in [-0.4, -0.2) is 18.4 Å². The van der Waals surface area contributed by atoms with Crippen LogP contribution in [0, 0.1) is 22.7 Å². The quantitative estimate of drug-likeness (QED) is 0.515. The van der Waals surface area contributed by atoms with E-state index in [1.54, 1.807) is 6.92 Å². The Bertz CT molecular complexity index is 366. The van der Waals surface area contributed by atoms with Gasteiger partial charge in [0.05, 0.1) is 12.7 Å². The molecule has 0 heterocycles. The Morgan fingerprint density at radius 2 is 2.06 bits per heavy atom. The fourth-order valence-electron chi connectivity index (χ4n) is 1.43. The summed E-state index contributed by atoms with van der Waals surface area (Å²) in [6.45, 7) is 7.32. The maximum absolute atomic E-state index is 11.9. The van der Waals surface area contributed by atoms with Gasteiger partial charge in [0.15, 0.2) is 11.2 Å².